The molecule has 2 N–H and O–H groups in total. The fourth-order valence-corrected chi connectivity index (χ4v) is 5.55. The van der Waals surface area contributed by atoms with Crippen molar-refractivity contribution in [2.45, 2.75) is 57.3 Å². The van der Waals surface area contributed by atoms with E-state index in [2.05, 4.69) is 50.3 Å². The topological polar surface area (TPSA) is 71.4 Å². The number of nitrogens with one attached hydrogen (secondary N) is 2. The molecule has 7 nitrogen and oxygen atoms in total. The minimum Gasteiger partial charge on any atom is -0.376 e. The molecule has 2 fully saturated rings. The van der Waals surface area contributed by atoms with Gasteiger partial charge in [-0.1, -0.05) is 31.2 Å². The zero-order chi connectivity index (χ0) is 24.9. The van der Waals surface area contributed by atoms with Crippen LogP contribution in [0, 0.1) is 0 Å². The first-order chi connectivity index (χ1) is 17.6. The van der Waals surface area contributed by atoms with E-state index in [0.717, 1.165) is 55.1 Å². The van der Waals surface area contributed by atoms with Gasteiger partial charge in [-0.3, -0.25) is 9.78 Å². The molecule has 5 rings (SSSR count). The molecule has 0 unspecified atom stereocenters. The number of benzene rings is 1. The number of hydrogen-bond acceptors (Lipinski definition) is 4. The number of thiocarbonyl (C=S) groups is 1. The van der Waals surface area contributed by atoms with E-state index in [4.69, 9.17) is 17.0 Å². The first-order valence-electron chi connectivity index (χ1n) is 12.8. The summed E-state index contributed by atoms with van der Waals surface area (Å²) in [5.74, 6) is -0.0199. The Morgan fingerprint density at radius 1 is 1.19 bits per heavy atom. The van der Waals surface area contributed by atoms with Gasteiger partial charge in [-0.05, 0) is 67.4 Å². The van der Waals surface area contributed by atoms with Gasteiger partial charge in [0.15, 0.2) is 5.11 Å². The normalized spacial score (nSPS) is 21.5. The summed E-state index contributed by atoms with van der Waals surface area (Å²) in [4.78, 5) is 19.7. The second-order valence-electron chi connectivity index (χ2n) is 9.35. The van der Waals surface area contributed by atoms with Gasteiger partial charge in [-0.25, -0.2) is 0 Å². The highest BCUT2D eigenvalue weighted by Gasteiger charge is 2.41. The van der Waals surface area contributed by atoms with Gasteiger partial charge in [-0.15, -0.1) is 0 Å². The Morgan fingerprint density at radius 2 is 2.06 bits per heavy atom. The first-order valence-corrected chi connectivity index (χ1v) is 13.2. The molecule has 3 atom stereocenters. The Labute approximate surface area is 217 Å². The molecular formula is C28H33N5O2S. The zero-order valence-corrected chi connectivity index (χ0v) is 21.4. The van der Waals surface area contributed by atoms with Crippen molar-refractivity contribution in [3.8, 4) is 0 Å². The maximum absolute atomic E-state index is 13.0. The molecule has 2 aliphatic rings. The molecule has 188 valence electrons. The lowest BCUT2D eigenvalue weighted by atomic mass is 10.0. The molecule has 0 saturated carbocycles. The van der Waals surface area contributed by atoms with Gasteiger partial charge in [0, 0.05) is 49.9 Å². The van der Waals surface area contributed by atoms with E-state index >= 15 is 0 Å². The number of amides is 1. The van der Waals surface area contributed by atoms with E-state index in [1.807, 2.05) is 48.7 Å². The third-order valence-electron chi connectivity index (χ3n) is 7.04. The van der Waals surface area contributed by atoms with Gasteiger partial charge < -0.3 is 24.8 Å². The van der Waals surface area contributed by atoms with Gasteiger partial charge >= 0.3 is 0 Å². The van der Waals surface area contributed by atoms with E-state index in [1.54, 1.807) is 0 Å². The molecular weight excluding hydrogens is 470 g/mol. The zero-order valence-electron chi connectivity index (χ0n) is 20.6. The lowest BCUT2D eigenvalue weighted by molar-refractivity contribution is -0.116. The van der Waals surface area contributed by atoms with E-state index in [0.29, 0.717) is 18.1 Å². The SMILES string of the molecule is CCc1ccccc1NC(=O)CCN1C(=S)N[C@@H](c2ccccn2)[C@H]1c1cccn1C[C@@H]1CCCO1. The van der Waals surface area contributed by atoms with Crippen molar-refractivity contribution in [1.82, 2.24) is 19.8 Å². The van der Waals surface area contributed by atoms with E-state index in [1.165, 1.54) is 0 Å². The van der Waals surface area contributed by atoms with Gasteiger partial charge in [0.1, 0.15) is 0 Å². The molecule has 0 aliphatic carbocycles. The van der Waals surface area contributed by atoms with Crippen molar-refractivity contribution in [2.75, 3.05) is 18.5 Å². The minimum absolute atomic E-state index is 0.0199. The fourth-order valence-electron chi connectivity index (χ4n) is 5.22. The predicted molar refractivity (Wildman–Crippen MR) is 145 cm³/mol. The third kappa shape index (κ3) is 5.29. The lowest BCUT2D eigenvalue weighted by Crippen LogP contribution is -2.33. The Morgan fingerprint density at radius 3 is 2.83 bits per heavy atom. The number of nitrogens with zero attached hydrogens (tertiary/aromatic N) is 3. The second-order valence-corrected chi connectivity index (χ2v) is 9.74. The Bertz CT molecular complexity index is 1190. The molecule has 2 aromatic heterocycles. The number of pyridine rings is 1. The summed E-state index contributed by atoms with van der Waals surface area (Å²) >= 11 is 5.80. The predicted octanol–water partition coefficient (Wildman–Crippen LogP) is 4.63. The molecule has 4 heterocycles. The quantitative estimate of drug-likeness (QED) is 0.415. The van der Waals surface area contributed by atoms with Crippen molar-refractivity contribution in [3.63, 3.8) is 0 Å². The number of aryl methyl sites for hydroxylation is 1. The molecule has 2 aliphatic heterocycles. The third-order valence-corrected chi connectivity index (χ3v) is 7.39. The summed E-state index contributed by atoms with van der Waals surface area (Å²) < 4.78 is 8.19. The average Bonchev–Trinajstić information content (AvgIpc) is 3.65. The first kappa shape index (κ1) is 24.5. The maximum atomic E-state index is 13.0. The molecule has 36 heavy (non-hydrogen) atoms. The highest BCUT2D eigenvalue weighted by Crippen LogP contribution is 2.39. The Hall–Kier alpha value is -3.23. The molecule has 1 aromatic carbocycles. The van der Waals surface area contributed by atoms with Gasteiger partial charge in [0.25, 0.3) is 0 Å². The van der Waals surface area contributed by atoms with Crippen LogP contribution in [-0.4, -0.2) is 44.7 Å². The highest BCUT2D eigenvalue weighted by molar-refractivity contribution is 7.80. The number of carbonyl (C=O) groups is 1. The van der Waals surface area contributed by atoms with Gasteiger partial charge in [0.05, 0.1) is 23.9 Å². The number of ether oxygens (including phenoxy) is 1. The largest absolute Gasteiger partial charge is 0.376 e. The number of rotatable bonds is 9. The monoisotopic (exact) mass is 503 g/mol. The minimum atomic E-state index is -0.110. The van der Waals surface area contributed by atoms with Crippen LogP contribution in [-0.2, 0) is 22.5 Å². The summed E-state index contributed by atoms with van der Waals surface area (Å²) in [5.41, 5.74) is 4.08. The van der Waals surface area contributed by atoms with Crippen molar-refractivity contribution in [3.05, 3.63) is 83.9 Å². The maximum Gasteiger partial charge on any atom is 0.226 e. The number of carbonyl (C=O) groups excluding carboxylic acids is 1. The van der Waals surface area contributed by atoms with Crippen molar-refractivity contribution in [1.29, 1.82) is 0 Å². The number of anilines is 1. The van der Waals surface area contributed by atoms with E-state index in [-0.39, 0.29) is 24.1 Å². The van der Waals surface area contributed by atoms with Crippen LogP contribution < -0.4 is 10.6 Å². The standard InChI is InChI=1S/C28H33N5O2S/c1-2-20-9-3-4-11-22(20)30-25(34)14-17-33-27(26(31-28(33)36)23-12-5-6-15-29-23)24-13-7-16-32(24)19-21-10-8-18-35-21/h3-7,9,11-13,15-16,21,26-27H,2,8,10,14,17-19H2,1H3,(H,30,34)(H,31,36)/t21-,26-,27+/m0/s1. The summed E-state index contributed by atoms with van der Waals surface area (Å²) in [6, 6.07) is 17.9. The van der Waals surface area contributed by atoms with Crippen LogP contribution in [0.3, 0.4) is 0 Å². The molecule has 1 amide bonds. The average molecular weight is 504 g/mol. The lowest BCUT2D eigenvalue weighted by Gasteiger charge is -2.29. The number of hydrogen-bond donors (Lipinski definition) is 2. The van der Waals surface area contributed by atoms with E-state index < -0.39 is 0 Å². The van der Waals surface area contributed by atoms with Crippen LogP contribution in [0.5, 0.6) is 0 Å². The fraction of sp³-hybridized carbons (Fsp3) is 0.393. The molecule has 0 radical (unpaired) electrons. The van der Waals surface area contributed by atoms with Crippen LogP contribution in [0.1, 0.15) is 55.2 Å². The van der Waals surface area contributed by atoms with Crippen molar-refractivity contribution < 1.29 is 9.53 Å². The number of para-hydroxylation sites is 1. The van der Waals surface area contributed by atoms with Crippen LogP contribution >= 0.6 is 12.2 Å². The molecule has 2 saturated heterocycles. The summed E-state index contributed by atoms with van der Waals surface area (Å²) in [5, 5.41) is 7.22. The summed E-state index contributed by atoms with van der Waals surface area (Å²) in [7, 11) is 0. The Balaban J connectivity index is 1.37. The van der Waals surface area contributed by atoms with Crippen LogP contribution in [0.25, 0.3) is 0 Å². The van der Waals surface area contributed by atoms with Crippen LogP contribution in [0.15, 0.2) is 67.0 Å². The summed E-state index contributed by atoms with van der Waals surface area (Å²) in [6.45, 7) is 4.23. The van der Waals surface area contributed by atoms with Crippen molar-refractivity contribution >= 4 is 28.9 Å². The van der Waals surface area contributed by atoms with Crippen molar-refractivity contribution in [2.24, 2.45) is 0 Å². The summed E-state index contributed by atoms with van der Waals surface area (Å²) in [6.07, 6.45) is 7.53. The van der Waals surface area contributed by atoms with Gasteiger partial charge in [-0.2, -0.15) is 0 Å². The van der Waals surface area contributed by atoms with Crippen LogP contribution in [0.2, 0.25) is 0 Å². The molecule has 8 heteroatoms. The Kier molecular flexibility index (Phi) is 7.63. The molecule has 3 aromatic rings. The van der Waals surface area contributed by atoms with E-state index in [9.17, 15) is 4.79 Å². The second kappa shape index (κ2) is 11.2. The van der Waals surface area contributed by atoms with Gasteiger partial charge in [0.2, 0.25) is 5.91 Å². The highest BCUT2D eigenvalue weighted by atomic mass is 32.1. The van der Waals surface area contributed by atoms with Crippen LogP contribution in [0.4, 0.5) is 5.69 Å². The molecule has 0 bridgehead atoms. The smallest absolute Gasteiger partial charge is 0.226 e. The molecule has 0 spiro atoms. The number of aromatic nitrogens is 2.